The van der Waals surface area contributed by atoms with Crippen LogP contribution in [0, 0.1) is 0 Å². The molecule has 80 valence electrons. The summed E-state index contributed by atoms with van der Waals surface area (Å²) in [7, 11) is 0. The number of Topliss-reactive ketones (excluding diaryl/α,β-unsaturated/α-hetero) is 1. The van der Waals surface area contributed by atoms with Gasteiger partial charge >= 0.3 is 0 Å². The fraction of sp³-hybridized carbons (Fsp3) is 0.700. The van der Waals surface area contributed by atoms with Crippen molar-refractivity contribution in [3.8, 4) is 0 Å². The van der Waals surface area contributed by atoms with Crippen LogP contribution in [0.2, 0.25) is 0 Å². The summed E-state index contributed by atoms with van der Waals surface area (Å²) in [5, 5.41) is 27.9. The molecule has 1 aliphatic carbocycles. The minimum atomic E-state index is -1.46. The summed E-state index contributed by atoms with van der Waals surface area (Å²) in [6, 6.07) is 0. The zero-order valence-corrected chi connectivity index (χ0v) is 8.02. The normalized spacial score (nSPS) is 35.8. The Labute approximate surface area is 82.9 Å². The molecule has 0 aromatic rings. The lowest BCUT2D eigenvalue weighted by atomic mass is 9.85. The Bertz CT molecular complexity index is 236. The van der Waals surface area contributed by atoms with Crippen LogP contribution in [0.15, 0.2) is 12.2 Å². The molecular weight excluding hydrogens is 184 g/mol. The maximum absolute atomic E-state index is 11.3. The van der Waals surface area contributed by atoms with Crippen molar-refractivity contribution in [3.63, 3.8) is 0 Å². The molecule has 0 saturated heterocycles. The van der Waals surface area contributed by atoms with Gasteiger partial charge < -0.3 is 15.3 Å². The maximum Gasteiger partial charge on any atom is 0.189 e. The van der Waals surface area contributed by atoms with E-state index in [0.29, 0.717) is 19.3 Å². The van der Waals surface area contributed by atoms with Crippen molar-refractivity contribution in [1.82, 2.24) is 0 Å². The molecule has 2 atom stereocenters. The van der Waals surface area contributed by atoms with Crippen LogP contribution in [0.5, 0.6) is 0 Å². The van der Waals surface area contributed by atoms with E-state index in [-0.39, 0.29) is 6.42 Å². The molecule has 0 saturated carbocycles. The van der Waals surface area contributed by atoms with Crippen LogP contribution < -0.4 is 0 Å². The van der Waals surface area contributed by atoms with Gasteiger partial charge in [0.15, 0.2) is 5.78 Å². The van der Waals surface area contributed by atoms with Gasteiger partial charge in [0.1, 0.15) is 12.2 Å². The molecule has 4 nitrogen and oxygen atoms in total. The van der Waals surface area contributed by atoms with Gasteiger partial charge in [-0.1, -0.05) is 12.2 Å². The molecular formula is C10H16O4. The number of carbonyl (C=O) groups is 1. The number of aliphatic hydroxyl groups excluding tert-OH is 2. The summed E-state index contributed by atoms with van der Waals surface area (Å²) in [6.45, 7) is -0.643. The molecule has 0 fully saturated rings. The Kier molecular flexibility index (Phi) is 3.80. The zero-order valence-electron chi connectivity index (χ0n) is 8.02. The average molecular weight is 200 g/mol. The van der Waals surface area contributed by atoms with Crippen LogP contribution in [0.1, 0.15) is 25.7 Å². The first-order valence-electron chi connectivity index (χ1n) is 4.80. The number of aliphatic hydroxyl groups is 3. The molecule has 0 amide bonds. The third-order valence-electron chi connectivity index (χ3n) is 2.60. The van der Waals surface area contributed by atoms with E-state index in [1.54, 1.807) is 12.2 Å². The van der Waals surface area contributed by atoms with E-state index in [1.807, 2.05) is 0 Å². The van der Waals surface area contributed by atoms with Crippen molar-refractivity contribution >= 4 is 5.78 Å². The van der Waals surface area contributed by atoms with Gasteiger partial charge in [0.05, 0.1) is 6.10 Å². The fourth-order valence-electron chi connectivity index (χ4n) is 1.61. The second kappa shape index (κ2) is 4.68. The molecule has 0 aromatic heterocycles. The van der Waals surface area contributed by atoms with E-state index < -0.39 is 24.1 Å². The summed E-state index contributed by atoms with van der Waals surface area (Å²) in [5.41, 5.74) is -1.46. The first-order chi connectivity index (χ1) is 6.58. The first-order valence-corrected chi connectivity index (χ1v) is 4.80. The van der Waals surface area contributed by atoms with Crippen LogP contribution in [-0.4, -0.2) is 39.4 Å². The van der Waals surface area contributed by atoms with Crippen molar-refractivity contribution < 1.29 is 20.1 Å². The Balaban J connectivity index is 2.69. The van der Waals surface area contributed by atoms with Crippen molar-refractivity contribution in [1.29, 1.82) is 0 Å². The molecule has 0 bridgehead atoms. The lowest BCUT2D eigenvalue weighted by molar-refractivity contribution is -0.142. The molecule has 3 N–H and O–H groups in total. The van der Waals surface area contributed by atoms with Gasteiger partial charge in [-0.25, -0.2) is 0 Å². The van der Waals surface area contributed by atoms with Gasteiger partial charge in [0.25, 0.3) is 0 Å². The Hall–Kier alpha value is -0.710. The van der Waals surface area contributed by atoms with Gasteiger partial charge in [-0.3, -0.25) is 4.79 Å². The first kappa shape index (κ1) is 11.4. The van der Waals surface area contributed by atoms with Gasteiger partial charge in [-0.15, -0.1) is 0 Å². The van der Waals surface area contributed by atoms with E-state index >= 15 is 0 Å². The molecule has 0 unspecified atom stereocenters. The summed E-state index contributed by atoms with van der Waals surface area (Å²) in [5.74, 6) is -0.556. The highest BCUT2D eigenvalue weighted by Crippen LogP contribution is 2.24. The molecule has 4 heteroatoms. The molecule has 14 heavy (non-hydrogen) atoms. The summed E-state index contributed by atoms with van der Waals surface area (Å²) in [6.07, 6.45) is 4.22. The van der Waals surface area contributed by atoms with Gasteiger partial charge in [-0.05, 0) is 25.7 Å². The quantitative estimate of drug-likeness (QED) is 0.538. The molecule has 0 radical (unpaired) electrons. The minimum Gasteiger partial charge on any atom is -0.389 e. The Morgan fingerprint density at radius 1 is 1.50 bits per heavy atom. The van der Waals surface area contributed by atoms with Crippen LogP contribution in [0.3, 0.4) is 0 Å². The predicted octanol–water partition coefficient (Wildman–Crippen LogP) is -0.230. The highest BCUT2D eigenvalue weighted by Gasteiger charge is 2.34. The number of rotatable bonds is 2. The fourth-order valence-corrected chi connectivity index (χ4v) is 1.61. The van der Waals surface area contributed by atoms with Crippen molar-refractivity contribution in [3.05, 3.63) is 12.2 Å². The number of hydrogen-bond donors (Lipinski definition) is 3. The van der Waals surface area contributed by atoms with E-state index in [0.717, 1.165) is 0 Å². The van der Waals surface area contributed by atoms with E-state index in [4.69, 9.17) is 5.11 Å². The second-order valence-electron chi connectivity index (χ2n) is 3.69. The smallest absolute Gasteiger partial charge is 0.189 e. The number of allylic oxidation sites excluding steroid dienone is 1. The Morgan fingerprint density at radius 2 is 2.21 bits per heavy atom. The summed E-state index contributed by atoms with van der Waals surface area (Å²) >= 11 is 0. The van der Waals surface area contributed by atoms with E-state index in [2.05, 4.69) is 0 Å². The predicted molar refractivity (Wildman–Crippen MR) is 50.7 cm³/mol. The Morgan fingerprint density at radius 3 is 2.86 bits per heavy atom. The van der Waals surface area contributed by atoms with Crippen LogP contribution in [0.4, 0.5) is 0 Å². The van der Waals surface area contributed by atoms with E-state index in [1.165, 1.54) is 0 Å². The number of carbonyl (C=O) groups excluding carboxylic acids is 1. The third-order valence-corrected chi connectivity index (χ3v) is 2.60. The van der Waals surface area contributed by atoms with Crippen LogP contribution in [0.25, 0.3) is 0 Å². The standard InChI is InChI=1S/C10H16O4/c11-7-9(13)10(14)5-2-1-3-8(12)4-6-10/h1,3,8,11-12,14H,2,4-7H2/b3-1-/t8-,10-/m0/s1. The molecule has 0 heterocycles. The number of ketones is 1. The molecule has 0 aromatic carbocycles. The second-order valence-corrected chi connectivity index (χ2v) is 3.69. The third kappa shape index (κ3) is 2.64. The molecule has 1 rings (SSSR count). The van der Waals surface area contributed by atoms with E-state index in [9.17, 15) is 15.0 Å². The minimum absolute atomic E-state index is 0.206. The van der Waals surface area contributed by atoms with Crippen molar-refractivity contribution in [2.75, 3.05) is 6.61 Å². The van der Waals surface area contributed by atoms with Gasteiger partial charge in [-0.2, -0.15) is 0 Å². The van der Waals surface area contributed by atoms with Gasteiger partial charge in [0.2, 0.25) is 0 Å². The average Bonchev–Trinajstić information content (AvgIpc) is 2.18. The summed E-state index contributed by atoms with van der Waals surface area (Å²) in [4.78, 5) is 11.3. The lowest BCUT2D eigenvalue weighted by Gasteiger charge is -2.27. The van der Waals surface area contributed by atoms with Crippen molar-refractivity contribution in [2.45, 2.75) is 37.4 Å². The summed E-state index contributed by atoms with van der Waals surface area (Å²) < 4.78 is 0. The molecule has 0 spiro atoms. The largest absolute Gasteiger partial charge is 0.389 e. The lowest BCUT2D eigenvalue weighted by Crippen LogP contribution is -2.41. The highest BCUT2D eigenvalue weighted by atomic mass is 16.3. The van der Waals surface area contributed by atoms with Crippen molar-refractivity contribution in [2.24, 2.45) is 0 Å². The maximum atomic E-state index is 11.3. The number of hydrogen-bond acceptors (Lipinski definition) is 4. The highest BCUT2D eigenvalue weighted by molar-refractivity contribution is 5.87. The topological polar surface area (TPSA) is 77.8 Å². The molecule has 1 aliphatic rings. The van der Waals surface area contributed by atoms with Crippen LogP contribution >= 0.6 is 0 Å². The molecule has 0 aliphatic heterocycles. The SMILES string of the molecule is O=C(CO)[C@]1(O)CC/C=C\[C@H](O)CC1. The zero-order chi connectivity index (χ0) is 10.6. The van der Waals surface area contributed by atoms with Crippen LogP contribution in [-0.2, 0) is 4.79 Å². The van der Waals surface area contributed by atoms with Gasteiger partial charge in [0, 0.05) is 0 Å². The monoisotopic (exact) mass is 200 g/mol.